The van der Waals surface area contributed by atoms with E-state index in [1.807, 2.05) is 0 Å². The van der Waals surface area contributed by atoms with Crippen molar-refractivity contribution in [2.75, 3.05) is 0 Å². The minimum absolute atomic E-state index is 0.218. The molecule has 4 nitrogen and oxygen atoms in total. The molecule has 17 heavy (non-hydrogen) atoms. The van der Waals surface area contributed by atoms with Gasteiger partial charge in [0.25, 0.3) is 5.89 Å². The fourth-order valence-corrected chi connectivity index (χ4v) is 1.51. The first-order valence-electron chi connectivity index (χ1n) is 4.96. The van der Waals surface area contributed by atoms with E-state index >= 15 is 0 Å². The molecule has 0 aliphatic heterocycles. The number of hydrogen-bond acceptors (Lipinski definition) is 4. The van der Waals surface area contributed by atoms with Crippen LogP contribution in [0.3, 0.4) is 0 Å². The van der Waals surface area contributed by atoms with E-state index < -0.39 is 11.4 Å². The van der Waals surface area contributed by atoms with Crippen LogP contribution in [0.2, 0.25) is 5.02 Å². The van der Waals surface area contributed by atoms with Gasteiger partial charge in [0, 0.05) is 0 Å². The maximum Gasteiger partial charge on any atom is 0.259 e. The first-order chi connectivity index (χ1) is 7.88. The van der Waals surface area contributed by atoms with Crippen LogP contribution in [-0.4, -0.2) is 10.1 Å². The molecule has 0 bridgehead atoms. The molecule has 0 radical (unpaired) electrons. The van der Waals surface area contributed by atoms with E-state index in [9.17, 15) is 4.39 Å². The van der Waals surface area contributed by atoms with Gasteiger partial charge in [0.15, 0.2) is 5.82 Å². The molecule has 2 N–H and O–H groups in total. The number of halogens is 2. The molecule has 1 heterocycles. The summed E-state index contributed by atoms with van der Waals surface area (Å²) in [5.41, 5.74) is 5.61. The van der Waals surface area contributed by atoms with Crippen molar-refractivity contribution >= 4 is 11.6 Å². The Balaban J connectivity index is 2.44. The van der Waals surface area contributed by atoms with Gasteiger partial charge in [-0.1, -0.05) is 16.8 Å². The minimum Gasteiger partial charge on any atom is -0.334 e. The number of nitrogens with two attached hydrogens (primary N) is 1. The summed E-state index contributed by atoms with van der Waals surface area (Å²) in [5.74, 6) is 0.175. The highest BCUT2D eigenvalue weighted by Gasteiger charge is 2.22. The largest absolute Gasteiger partial charge is 0.334 e. The zero-order valence-corrected chi connectivity index (χ0v) is 10.1. The Morgan fingerprint density at radius 3 is 2.65 bits per heavy atom. The molecule has 0 spiro atoms. The highest BCUT2D eigenvalue weighted by atomic mass is 35.5. The summed E-state index contributed by atoms with van der Waals surface area (Å²) in [5, 5.41) is 3.98. The Hall–Kier alpha value is -1.46. The van der Waals surface area contributed by atoms with E-state index in [-0.39, 0.29) is 10.9 Å². The van der Waals surface area contributed by atoms with Crippen LogP contribution in [0.5, 0.6) is 0 Å². The van der Waals surface area contributed by atoms with Crippen molar-refractivity contribution < 1.29 is 8.91 Å². The molecule has 2 rings (SSSR count). The fourth-order valence-electron chi connectivity index (χ4n) is 1.26. The van der Waals surface area contributed by atoms with Gasteiger partial charge < -0.3 is 10.3 Å². The van der Waals surface area contributed by atoms with Gasteiger partial charge in [0.05, 0.1) is 16.1 Å². The van der Waals surface area contributed by atoms with Gasteiger partial charge >= 0.3 is 0 Å². The third-order valence-corrected chi connectivity index (χ3v) is 2.48. The SMILES string of the molecule is CC(C)(N)c1noc(-c2ccc(F)cc2Cl)n1. The second-order valence-electron chi connectivity index (χ2n) is 4.27. The van der Waals surface area contributed by atoms with Crippen molar-refractivity contribution in [3.8, 4) is 11.5 Å². The number of hydrogen-bond donors (Lipinski definition) is 1. The molecular weight excluding hydrogens is 245 g/mol. The van der Waals surface area contributed by atoms with Crippen LogP contribution in [0, 0.1) is 5.82 Å². The van der Waals surface area contributed by atoms with E-state index in [0.29, 0.717) is 11.4 Å². The summed E-state index contributed by atoms with van der Waals surface area (Å²) >= 11 is 5.89. The van der Waals surface area contributed by atoms with Gasteiger partial charge in [-0.15, -0.1) is 0 Å². The first-order valence-corrected chi connectivity index (χ1v) is 5.34. The summed E-state index contributed by atoms with van der Waals surface area (Å²) in [6, 6.07) is 3.95. The Morgan fingerprint density at radius 2 is 2.12 bits per heavy atom. The molecule has 1 aromatic carbocycles. The van der Waals surface area contributed by atoms with Crippen molar-refractivity contribution in [2.45, 2.75) is 19.4 Å². The maximum absolute atomic E-state index is 12.9. The smallest absolute Gasteiger partial charge is 0.259 e. The number of benzene rings is 1. The molecule has 0 amide bonds. The van der Waals surface area contributed by atoms with Crippen LogP contribution in [-0.2, 0) is 5.54 Å². The lowest BCUT2D eigenvalue weighted by Crippen LogP contribution is -2.30. The van der Waals surface area contributed by atoms with Crippen LogP contribution >= 0.6 is 11.6 Å². The van der Waals surface area contributed by atoms with E-state index in [1.165, 1.54) is 18.2 Å². The fraction of sp³-hybridized carbons (Fsp3) is 0.273. The monoisotopic (exact) mass is 255 g/mol. The Morgan fingerprint density at radius 1 is 1.41 bits per heavy atom. The van der Waals surface area contributed by atoms with Gasteiger partial charge in [-0.25, -0.2) is 4.39 Å². The first kappa shape index (κ1) is 12.0. The second kappa shape index (κ2) is 4.09. The quantitative estimate of drug-likeness (QED) is 0.896. The normalized spacial score (nSPS) is 11.8. The number of aromatic nitrogens is 2. The van der Waals surface area contributed by atoms with E-state index in [4.69, 9.17) is 21.9 Å². The molecule has 0 saturated heterocycles. The standard InChI is InChI=1S/C11H11ClFN3O/c1-11(2,14)10-15-9(17-16-10)7-4-3-6(13)5-8(7)12/h3-5H,14H2,1-2H3. The number of rotatable bonds is 2. The predicted octanol–water partition coefficient (Wildman–Crippen LogP) is 2.72. The van der Waals surface area contributed by atoms with Gasteiger partial charge in [0.1, 0.15) is 5.82 Å². The lowest BCUT2D eigenvalue weighted by atomic mass is 10.1. The molecule has 0 fully saturated rings. The van der Waals surface area contributed by atoms with E-state index in [1.54, 1.807) is 13.8 Å². The minimum atomic E-state index is -0.700. The van der Waals surface area contributed by atoms with Gasteiger partial charge in [-0.2, -0.15) is 4.98 Å². The molecular formula is C11H11ClFN3O. The third-order valence-electron chi connectivity index (χ3n) is 2.16. The van der Waals surface area contributed by atoms with Crippen molar-refractivity contribution in [1.29, 1.82) is 0 Å². The second-order valence-corrected chi connectivity index (χ2v) is 4.68. The molecule has 0 unspecified atom stereocenters. The Labute approximate surface area is 103 Å². The Kier molecular flexibility index (Phi) is 2.89. The average molecular weight is 256 g/mol. The van der Waals surface area contributed by atoms with Gasteiger partial charge in [-0.3, -0.25) is 0 Å². The van der Waals surface area contributed by atoms with Crippen LogP contribution in [0.4, 0.5) is 4.39 Å². The molecule has 90 valence electrons. The van der Waals surface area contributed by atoms with Crippen molar-refractivity contribution in [1.82, 2.24) is 10.1 Å². The molecule has 2 aromatic rings. The Bertz CT molecular complexity index is 548. The molecule has 6 heteroatoms. The predicted molar refractivity (Wildman–Crippen MR) is 61.9 cm³/mol. The van der Waals surface area contributed by atoms with Crippen molar-refractivity contribution in [3.63, 3.8) is 0 Å². The van der Waals surface area contributed by atoms with Crippen LogP contribution in [0.15, 0.2) is 22.7 Å². The van der Waals surface area contributed by atoms with Crippen LogP contribution in [0.1, 0.15) is 19.7 Å². The van der Waals surface area contributed by atoms with Crippen molar-refractivity contribution in [2.24, 2.45) is 5.73 Å². The molecule has 1 aromatic heterocycles. The number of nitrogens with zero attached hydrogens (tertiary/aromatic N) is 2. The molecule has 0 aliphatic carbocycles. The summed E-state index contributed by atoms with van der Waals surface area (Å²) in [6.45, 7) is 3.52. The topological polar surface area (TPSA) is 64.9 Å². The third kappa shape index (κ3) is 2.45. The summed E-state index contributed by atoms with van der Waals surface area (Å²) in [7, 11) is 0. The van der Waals surface area contributed by atoms with Gasteiger partial charge in [-0.05, 0) is 32.0 Å². The zero-order chi connectivity index (χ0) is 12.6. The average Bonchev–Trinajstić information content (AvgIpc) is 2.65. The molecule has 0 atom stereocenters. The van der Waals surface area contributed by atoms with Gasteiger partial charge in [0.2, 0.25) is 0 Å². The summed E-state index contributed by atoms with van der Waals surface area (Å²) in [4.78, 5) is 4.13. The van der Waals surface area contributed by atoms with Crippen molar-refractivity contribution in [3.05, 3.63) is 34.9 Å². The highest BCUT2D eigenvalue weighted by Crippen LogP contribution is 2.28. The summed E-state index contributed by atoms with van der Waals surface area (Å²) in [6.07, 6.45) is 0. The lowest BCUT2D eigenvalue weighted by molar-refractivity contribution is 0.397. The molecule has 0 aliphatic rings. The van der Waals surface area contributed by atoms with Crippen LogP contribution < -0.4 is 5.73 Å². The maximum atomic E-state index is 12.9. The molecule has 0 saturated carbocycles. The highest BCUT2D eigenvalue weighted by molar-refractivity contribution is 6.33. The zero-order valence-electron chi connectivity index (χ0n) is 9.37. The van der Waals surface area contributed by atoms with E-state index in [2.05, 4.69) is 10.1 Å². The van der Waals surface area contributed by atoms with E-state index in [0.717, 1.165) is 0 Å². The summed E-state index contributed by atoms with van der Waals surface area (Å²) < 4.78 is 17.9. The van der Waals surface area contributed by atoms with Crippen LogP contribution in [0.25, 0.3) is 11.5 Å². The lowest BCUT2D eigenvalue weighted by Gasteiger charge is -2.11.